The summed E-state index contributed by atoms with van der Waals surface area (Å²) >= 11 is 3.16. The number of aliphatic hydroxyl groups excluding tert-OH is 1. The molecule has 10 heteroatoms. The number of halogens is 5. The first-order valence-electron chi connectivity index (χ1n) is 9.91. The van der Waals surface area contributed by atoms with Crippen LogP contribution in [0.5, 0.6) is 5.75 Å². The lowest BCUT2D eigenvalue weighted by Crippen LogP contribution is -2.30. The van der Waals surface area contributed by atoms with Gasteiger partial charge in [-0.05, 0) is 47.1 Å². The maximum Gasteiger partial charge on any atom is 0.273 e. The Morgan fingerprint density at radius 3 is 2.61 bits per heavy atom. The van der Waals surface area contributed by atoms with E-state index < -0.39 is 28.8 Å². The predicted molar refractivity (Wildman–Crippen MR) is 120 cm³/mol. The minimum Gasteiger partial charge on any atom is -0.487 e. The Kier molecular flexibility index (Phi) is 7.80. The molecule has 1 aliphatic carbocycles. The first-order chi connectivity index (χ1) is 15.6. The molecular weight excluding hydrogens is 508 g/mol. The topological polar surface area (TPSA) is 54.7 Å². The molecular formula is C23H21BrF4N2O3. The first-order valence-corrected chi connectivity index (χ1v) is 10.7. The number of aryl methyl sites for hydroxylation is 1. The van der Waals surface area contributed by atoms with Crippen LogP contribution in [-0.4, -0.2) is 34.8 Å². The number of nitrogens with zero attached hydrogens (tertiary/aromatic N) is 2. The fourth-order valence-electron chi connectivity index (χ4n) is 3.34. The molecule has 1 aromatic carbocycles. The summed E-state index contributed by atoms with van der Waals surface area (Å²) in [5.41, 5.74) is -0.407. The zero-order chi connectivity index (χ0) is 24.3. The summed E-state index contributed by atoms with van der Waals surface area (Å²) in [6.45, 7) is 1.08. The molecule has 0 atom stereocenters. The fourth-order valence-corrected chi connectivity index (χ4v) is 3.74. The van der Waals surface area contributed by atoms with Crippen molar-refractivity contribution in [1.82, 2.24) is 9.47 Å². The lowest BCUT2D eigenvalue weighted by atomic mass is 10.2. The van der Waals surface area contributed by atoms with E-state index in [1.165, 1.54) is 31.0 Å². The Morgan fingerprint density at radius 1 is 1.21 bits per heavy atom. The van der Waals surface area contributed by atoms with Gasteiger partial charge < -0.3 is 14.7 Å². The Morgan fingerprint density at radius 2 is 1.94 bits per heavy atom. The molecule has 0 unspecified atom stereocenters. The van der Waals surface area contributed by atoms with Crippen molar-refractivity contribution in [1.29, 1.82) is 0 Å². The van der Waals surface area contributed by atoms with Crippen molar-refractivity contribution in [2.45, 2.75) is 20.0 Å². The van der Waals surface area contributed by atoms with Crippen LogP contribution in [0.2, 0.25) is 0 Å². The number of hydrogen-bond acceptors (Lipinski definition) is 4. The van der Waals surface area contributed by atoms with Gasteiger partial charge in [0.05, 0.1) is 12.3 Å². The smallest absolute Gasteiger partial charge is 0.273 e. The second-order valence-electron chi connectivity index (χ2n) is 7.35. The molecule has 0 saturated heterocycles. The number of hydrogen-bond donors (Lipinski definition) is 1. The van der Waals surface area contributed by atoms with Crippen LogP contribution in [-0.2, 0) is 6.61 Å². The molecule has 1 heterocycles. The molecule has 1 aliphatic rings. The van der Waals surface area contributed by atoms with E-state index in [1.807, 2.05) is 0 Å². The number of aliphatic hydroxyl groups is 1. The van der Waals surface area contributed by atoms with Gasteiger partial charge in [0.2, 0.25) is 0 Å². The van der Waals surface area contributed by atoms with Gasteiger partial charge in [-0.2, -0.15) is 0 Å². The Bertz CT molecular complexity index is 1220. The SMILES string of the molecule is Cc1cc(OCc2ccc(F)cc2F)c(Br)c(=O)n1C1=C(F)CC=C(F)C=C1N(C)CCO. The second-order valence-corrected chi connectivity index (χ2v) is 8.14. The lowest BCUT2D eigenvalue weighted by molar-refractivity contribution is 0.248. The normalized spacial score (nSPS) is 14.1. The molecule has 0 aliphatic heterocycles. The molecule has 5 nitrogen and oxygen atoms in total. The van der Waals surface area contributed by atoms with Crippen molar-refractivity contribution >= 4 is 21.6 Å². The number of likely N-dealkylation sites (N-methyl/N-ethyl adjacent to an activating group) is 1. The quantitative estimate of drug-likeness (QED) is 0.515. The molecule has 1 N–H and O–H groups in total. The third-order valence-corrected chi connectivity index (χ3v) is 5.75. The van der Waals surface area contributed by atoms with Crippen molar-refractivity contribution in [2.24, 2.45) is 0 Å². The van der Waals surface area contributed by atoms with Crippen LogP contribution in [0.15, 0.2) is 63.0 Å². The molecule has 0 amide bonds. The average molecular weight is 529 g/mol. The number of benzene rings is 1. The van der Waals surface area contributed by atoms with Crippen molar-refractivity contribution in [3.05, 3.63) is 91.5 Å². The van der Waals surface area contributed by atoms with Gasteiger partial charge in [-0.15, -0.1) is 0 Å². The maximum atomic E-state index is 15.1. The first kappa shape index (κ1) is 24.8. The predicted octanol–water partition coefficient (Wildman–Crippen LogP) is 4.98. The van der Waals surface area contributed by atoms with E-state index >= 15 is 4.39 Å². The van der Waals surface area contributed by atoms with E-state index in [2.05, 4.69) is 15.9 Å². The summed E-state index contributed by atoms with van der Waals surface area (Å²) in [7, 11) is 1.54. The van der Waals surface area contributed by atoms with E-state index in [9.17, 15) is 23.1 Å². The number of aromatic nitrogens is 1. The Balaban J connectivity index is 2.04. The Hall–Kier alpha value is -2.85. The summed E-state index contributed by atoms with van der Waals surface area (Å²) in [6, 6.07) is 4.49. The van der Waals surface area contributed by atoms with Gasteiger partial charge >= 0.3 is 0 Å². The van der Waals surface area contributed by atoms with Gasteiger partial charge in [-0.1, -0.05) is 0 Å². The standard InChI is InChI=1S/C23H21BrF4N2O3/c1-13-9-20(33-12-14-3-4-15(25)10-18(14)28)21(24)23(32)30(13)22-17(27)6-5-16(26)11-19(22)29(2)7-8-31/h3-5,9-11,31H,6-8,12H2,1-2H3. The summed E-state index contributed by atoms with van der Waals surface area (Å²) in [5.74, 6) is -2.86. The van der Waals surface area contributed by atoms with Gasteiger partial charge in [0.1, 0.15) is 45.8 Å². The third-order valence-electron chi connectivity index (χ3n) is 5.02. The number of ether oxygens (including phenoxy) is 1. The highest BCUT2D eigenvalue weighted by Crippen LogP contribution is 2.33. The average Bonchev–Trinajstić information content (AvgIpc) is 2.90. The zero-order valence-electron chi connectivity index (χ0n) is 17.8. The third kappa shape index (κ3) is 5.39. The van der Waals surface area contributed by atoms with Crippen LogP contribution >= 0.6 is 15.9 Å². The van der Waals surface area contributed by atoms with Crippen LogP contribution in [0.25, 0.3) is 5.70 Å². The van der Waals surface area contributed by atoms with Gasteiger partial charge in [0.25, 0.3) is 5.56 Å². The molecule has 3 rings (SSSR count). The van der Waals surface area contributed by atoms with Gasteiger partial charge in [-0.25, -0.2) is 17.6 Å². The summed E-state index contributed by atoms with van der Waals surface area (Å²) in [6.07, 6.45) is 1.79. The molecule has 0 radical (unpaired) electrons. The summed E-state index contributed by atoms with van der Waals surface area (Å²) < 4.78 is 62.9. The second kappa shape index (κ2) is 10.4. The van der Waals surface area contributed by atoms with E-state index in [1.54, 1.807) is 0 Å². The highest BCUT2D eigenvalue weighted by molar-refractivity contribution is 9.10. The van der Waals surface area contributed by atoms with Gasteiger partial charge in [-0.3, -0.25) is 9.36 Å². The molecule has 0 fully saturated rings. The van der Waals surface area contributed by atoms with Crippen molar-refractivity contribution in [3.8, 4) is 5.75 Å². The van der Waals surface area contributed by atoms with E-state index in [0.717, 1.165) is 28.9 Å². The largest absolute Gasteiger partial charge is 0.487 e. The van der Waals surface area contributed by atoms with Gasteiger partial charge in [0.15, 0.2) is 0 Å². The zero-order valence-corrected chi connectivity index (χ0v) is 19.4. The minimum atomic E-state index is -0.793. The van der Waals surface area contributed by atoms with Crippen molar-refractivity contribution in [3.63, 3.8) is 0 Å². The lowest BCUT2D eigenvalue weighted by Gasteiger charge is -2.26. The highest BCUT2D eigenvalue weighted by Gasteiger charge is 2.25. The molecule has 0 bridgehead atoms. The van der Waals surface area contributed by atoms with E-state index in [0.29, 0.717) is 0 Å². The fraction of sp³-hybridized carbons (Fsp3) is 0.261. The molecule has 176 valence electrons. The van der Waals surface area contributed by atoms with Gasteiger partial charge in [0, 0.05) is 43.4 Å². The summed E-state index contributed by atoms with van der Waals surface area (Å²) in [5, 5.41) is 9.28. The Labute approximate surface area is 196 Å². The summed E-state index contributed by atoms with van der Waals surface area (Å²) in [4.78, 5) is 14.6. The van der Waals surface area contributed by atoms with Crippen LogP contribution in [0, 0.1) is 18.6 Å². The molecule has 33 heavy (non-hydrogen) atoms. The molecule has 0 spiro atoms. The molecule has 1 aromatic heterocycles. The van der Waals surface area contributed by atoms with E-state index in [4.69, 9.17) is 4.74 Å². The number of rotatable bonds is 7. The minimum absolute atomic E-state index is 0.0576. The van der Waals surface area contributed by atoms with E-state index in [-0.39, 0.29) is 59.1 Å². The monoisotopic (exact) mass is 528 g/mol. The van der Waals surface area contributed by atoms with Crippen LogP contribution in [0.4, 0.5) is 17.6 Å². The van der Waals surface area contributed by atoms with Crippen molar-refractivity contribution < 1.29 is 27.4 Å². The van der Waals surface area contributed by atoms with Crippen LogP contribution in [0.1, 0.15) is 17.7 Å². The number of pyridine rings is 1. The van der Waals surface area contributed by atoms with Crippen molar-refractivity contribution in [2.75, 3.05) is 20.2 Å². The van der Waals surface area contributed by atoms with Crippen LogP contribution in [0.3, 0.4) is 0 Å². The van der Waals surface area contributed by atoms with Crippen LogP contribution < -0.4 is 10.3 Å². The highest BCUT2D eigenvalue weighted by atomic mass is 79.9. The number of allylic oxidation sites excluding steroid dienone is 5. The molecule has 2 aromatic rings. The molecule has 0 saturated carbocycles. The maximum absolute atomic E-state index is 15.1.